The number of esters is 4. The summed E-state index contributed by atoms with van der Waals surface area (Å²) in [4.78, 5) is 55.7. The maximum Gasteiger partial charge on any atom is 0.311 e. The molecule has 79 heavy (non-hydrogen) atoms. The summed E-state index contributed by atoms with van der Waals surface area (Å²) < 4.78 is 22.9. The molecule has 2 heterocycles. The van der Waals surface area contributed by atoms with Gasteiger partial charge in [-0.3, -0.25) is 19.2 Å². The zero-order valence-electron chi connectivity index (χ0n) is 49.9. The molecule has 2 aromatic rings. The number of likely N-dealkylation sites (tertiary alicyclic amines) is 2. The Morgan fingerprint density at radius 3 is 1.42 bits per heavy atom. The number of hydrogen-bond acceptors (Lipinski definition) is 12. The predicted octanol–water partition coefficient (Wildman–Crippen LogP) is 16.5. The third-order valence-corrected chi connectivity index (χ3v) is 18.6. The predicted molar refractivity (Wildman–Crippen MR) is 331 cm³/mol. The van der Waals surface area contributed by atoms with Crippen molar-refractivity contribution in [2.75, 3.05) is 64.0 Å². The molecule has 0 bridgehead atoms. The normalized spacial score (nSPS) is 14.7. The fourth-order valence-electron chi connectivity index (χ4n) is 11.0. The van der Waals surface area contributed by atoms with Gasteiger partial charge in [0.25, 0.3) is 0 Å². The van der Waals surface area contributed by atoms with Crippen molar-refractivity contribution in [3.05, 3.63) is 72.1 Å². The lowest BCUT2D eigenvalue weighted by molar-refractivity contribution is -0.150. The van der Waals surface area contributed by atoms with Gasteiger partial charge in [0, 0.05) is 37.4 Å². The molecule has 447 valence electrons. The summed E-state index contributed by atoms with van der Waals surface area (Å²) in [5.41, 5.74) is 3.23. The first-order valence-corrected chi connectivity index (χ1v) is 34.6. The van der Waals surface area contributed by atoms with Crippen LogP contribution in [-0.4, -0.2) is 104 Å². The molecule has 12 heteroatoms. The quantitative estimate of drug-likeness (QED) is 0.0207. The van der Waals surface area contributed by atoms with E-state index in [1.54, 1.807) is 12.1 Å². The Balaban J connectivity index is 0.926. The molecule has 2 aliphatic rings. The minimum atomic E-state index is -0.291. The summed E-state index contributed by atoms with van der Waals surface area (Å²) in [5.74, 6) is 3.24. The van der Waals surface area contributed by atoms with Gasteiger partial charge in [-0.2, -0.15) is 0 Å². The van der Waals surface area contributed by atoms with Crippen LogP contribution >= 0.6 is 21.6 Å². The minimum absolute atomic E-state index is 0.0303. The van der Waals surface area contributed by atoms with E-state index in [2.05, 4.69) is 54.8 Å². The lowest BCUT2D eigenvalue weighted by atomic mass is 9.94. The van der Waals surface area contributed by atoms with Crippen molar-refractivity contribution in [1.29, 1.82) is 0 Å². The van der Waals surface area contributed by atoms with Gasteiger partial charge in [-0.15, -0.1) is 0 Å². The number of rotatable bonds is 47. The van der Waals surface area contributed by atoms with Crippen LogP contribution in [0.5, 0.6) is 5.75 Å². The Bertz CT molecular complexity index is 1830. The molecule has 0 saturated carbocycles. The van der Waals surface area contributed by atoms with E-state index >= 15 is 0 Å². The van der Waals surface area contributed by atoms with E-state index < -0.39 is 0 Å². The van der Waals surface area contributed by atoms with Crippen LogP contribution in [0, 0.1) is 18.8 Å². The first-order valence-electron chi connectivity index (χ1n) is 32.1. The Hall–Kier alpha value is -3.06. The molecular weight excluding hydrogens is 1020 g/mol. The van der Waals surface area contributed by atoms with Crippen LogP contribution in [-0.2, 0) is 52.7 Å². The second-order valence-electron chi connectivity index (χ2n) is 23.0. The molecule has 0 unspecified atom stereocenters. The van der Waals surface area contributed by atoms with E-state index in [-0.39, 0.29) is 36.4 Å². The number of benzene rings is 2. The molecule has 0 amide bonds. The van der Waals surface area contributed by atoms with E-state index in [0.717, 1.165) is 133 Å². The van der Waals surface area contributed by atoms with Gasteiger partial charge in [0.05, 0.1) is 26.1 Å². The molecule has 0 aliphatic carbocycles. The zero-order valence-corrected chi connectivity index (χ0v) is 51.5. The van der Waals surface area contributed by atoms with Crippen molar-refractivity contribution in [1.82, 2.24) is 9.80 Å². The minimum Gasteiger partial charge on any atom is -0.465 e. The van der Waals surface area contributed by atoms with Crippen LogP contribution in [0.15, 0.2) is 48.5 Å². The van der Waals surface area contributed by atoms with Gasteiger partial charge in [-0.1, -0.05) is 188 Å². The Labute approximate surface area is 489 Å². The van der Waals surface area contributed by atoms with Crippen molar-refractivity contribution >= 4 is 45.5 Å². The lowest BCUT2D eigenvalue weighted by Crippen LogP contribution is -2.36. The van der Waals surface area contributed by atoms with Gasteiger partial charge in [0.15, 0.2) is 0 Å². The molecule has 0 atom stereocenters. The van der Waals surface area contributed by atoms with Crippen molar-refractivity contribution < 1.29 is 38.1 Å². The largest absolute Gasteiger partial charge is 0.465 e. The highest BCUT2D eigenvalue weighted by atomic mass is 33.1. The molecule has 1 radical (unpaired) electrons. The van der Waals surface area contributed by atoms with E-state index in [1.807, 2.05) is 33.7 Å². The fraction of sp³-hybridized carbons (Fsp3) is 0.746. The summed E-state index contributed by atoms with van der Waals surface area (Å²) in [6.07, 6.45) is 36.7. The number of piperidine rings is 2. The highest BCUT2D eigenvalue weighted by Gasteiger charge is 2.22. The van der Waals surface area contributed by atoms with Gasteiger partial charge in [0.1, 0.15) is 11.9 Å². The monoisotopic (exact) mass is 1130 g/mol. The standard InChI is InChI=1S/C67H109N2O8S2/c1-4-7-10-13-16-17-21-26-57-31-33-60(34-32-57)55-66(72)74-51-43-58-39-45-68(46-40-58)49-53-78-79-54-50-69-47-41-59(42-48-69)44-52-75-67(73)56-61-35-37-63(38-36-61)77-65(71)30-25-20-24-29-64(70)76-62(27-22-18-14-11-8-5-2)28-23-19-15-12-9-6-3/h31-38,58-59,62H,1,4-30,39-56H2,2-3H3. The smallest absolute Gasteiger partial charge is 0.311 e. The number of nitrogens with zero attached hydrogens (tertiary/aromatic N) is 2. The molecule has 0 aromatic heterocycles. The average Bonchev–Trinajstić information content (AvgIpc) is 3.45. The van der Waals surface area contributed by atoms with Crippen molar-refractivity contribution in [3.63, 3.8) is 0 Å². The summed E-state index contributed by atoms with van der Waals surface area (Å²) in [6.45, 7) is 16.1. The molecule has 10 nitrogen and oxygen atoms in total. The number of carbonyl (C=O) groups is 4. The van der Waals surface area contributed by atoms with Crippen LogP contribution in [0.25, 0.3) is 0 Å². The zero-order chi connectivity index (χ0) is 56.2. The maximum absolute atomic E-state index is 12.8. The third-order valence-electron chi connectivity index (χ3n) is 16.2. The average molecular weight is 1130 g/mol. The third kappa shape index (κ3) is 34.9. The molecule has 2 fully saturated rings. The summed E-state index contributed by atoms with van der Waals surface area (Å²) in [5, 5.41) is 0. The van der Waals surface area contributed by atoms with Gasteiger partial charge < -0.3 is 28.7 Å². The topological polar surface area (TPSA) is 112 Å². The molecule has 0 spiro atoms. The van der Waals surface area contributed by atoms with Gasteiger partial charge in [-0.25, -0.2) is 0 Å². The summed E-state index contributed by atoms with van der Waals surface area (Å²) in [6, 6.07) is 15.7. The van der Waals surface area contributed by atoms with Gasteiger partial charge in [0.2, 0.25) is 0 Å². The van der Waals surface area contributed by atoms with Crippen LogP contribution in [0.3, 0.4) is 0 Å². The fourth-order valence-corrected chi connectivity index (χ4v) is 13.0. The van der Waals surface area contributed by atoms with Gasteiger partial charge in [-0.05, 0) is 157 Å². The molecule has 4 rings (SSSR count). The van der Waals surface area contributed by atoms with Crippen molar-refractivity contribution in [2.24, 2.45) is 11.8 Å². The molecule has 2 aliphatic heterocycles. The Kier molecular flexibility index (Phi) is 39.4. The Morgan fingerprint density at radius 1 is 0.506 bits per heavy atom. The van der Waals surface area contributed by atoms with Gasteiger partial charge >= 0.3 is 23.9 Å². The number of ether oxygens (including phenoxy) is 4. The number of hydrogen-bond donors (Lipinski definition) is 0. The van der Waals surface area contributed by atoms with Crippen molar-refractivity contribution in [3.8, 4) is 5.75 Å². The second kappa shape index (κ2) is 45.5. The highest BCUT2D eigenvalue weighted by molar-refractivity contribution is 8.76. The van der Waals surface area contributed by atoms with Crippen LogP contribution in [0.4, 0.5) is 0 Å². The summed E-state index contributed by atoms with van der Waals surface area (Å²) >= 11 is 0. The van der Waals surface area contributed by atoms with Crippen LogP contribution in [0.1, 0.15) is 236 Å². The Morgan fingerprint density at radius 2 is 0.924 bits per heavy atom. The van der Waals surface area contributed by atoms with E-state index in [4.69, 9.17) is 18.9 Å². The lowest BCUT2D eigenvalue weighted by Gasteiger charge is -2.32. The van der Waals surface area contributed by atoms with Crippen LogP contribution in [0.2, 0.25) is 0 Å². The van der Waals surface area contributed by atoms with E-state index in [9.17, 15) is 19.2 Å². The van der Waals surface area contributed by atoms with Crippen molar-refractivity contribution in [2.45, 2.75) is 245 Å². The number of aryl methyl sites for hydroxylation is 1. The molecular formula is C67H109N2O8S2. The molecule has 2 saturated heterocycles. The first kappa shape index (κ1) is 68.4. The van der Waals surface area contributed by atoms with E-state index in [1.165, 1.54) is 121 Å². The molecule has 2 aromatic carbocycles. The summed E-state index contributed by atoms with van der Waals surface area (Å²) in [7, 11) is 4.00. The highest BCUT2D eigenvalue weighted by Crippen LogP contribution is 2.27. The second-order valence-corrected chi connectivity index (χ2v) is 25.7. The van der Waals surface area contributed by atoms with E-state index in [0.29, 0.717) is 62.9 Å². The van der Waals surface area contributed by atoms with Crippen LogP contribution < -0.4 is 4.74 Å². The maximum atomic E-state index is 12.8. The molecule has 0 N–H and O–H groups in total. The number of unbranched alkanes of at least 4 members (excludes halogenated alkanes) is 18. The first-order chi connectivity index (χ1) is 38.7. The number of carbonyl (C=O) groups excluding carboxylic acids is 4. The SMILES string of the molecule is [CH2]CCCCCCCCc1ccc(CC(=O)OCCC2CCN(CCSSCCN3CCC(CCOC(=O)Cc4ccc(OC(=O)CCCCCC(=O)OC(CCCCCCCC)CCCCCCCC)cc4)CC3)CC2)cc1.